The standard InChI is InChI=1S/C23H29N3O3/c1-17-7-3-4-8-20(17)23(28)25-16-22(27)24-15-21(26-13-5-6-14-26)18-9-11-19(29-2)12-10-18/h3-4,7-12,21H,5-6,13-16H2,1-2H3,(H,24,27)(H,25,28). The van der Waals surface area contributed by atoms with E-state index in [9.17, 15) is 9.59 Å². The molecule has 1 unspecified atom stereocenters. The Morgan fingerprint density at radius 2 is 1.72 bits per heavy atom. The summed E-state index contributed by atoms with van der Waals surface area (Å²) in [5, 5.41) is 5.69. The molecule has 2 amide bonds. The summed E-state index contributed by atoms with van der Waals surface area (Å²) in [6.07, 6.45) is 2.35. The van der Waals surface area contributed by atoms with Crippen molar-refractivity contribution in [3.63, 3.8) is 0 Å². The highest BCUT2D eigenvalue weighted by molar-refractivity contribution is 5.97. The molecule has 0 radical (unpaired) electrons. The highest BCUT2D eigenvalue weighted by Crippen LogP contribution is 2.26. The lowest BCUT2D eigenvalue weighted by atomic mass is 10.1. The van der Waals surface area contributed by atoms with E-state index in [1.54, 1.807) is 13.2 Å². The minimum absolute atomic E-state index is 0.0392. The zero-order valence-corrected chi connectivity index (χ0v) is 17.1. The number of amides is 2. The molecule has 1 aliphatic rings. The zero-order valence-electron chi connectivity index (χ0n) is 17.1. The molecule has 1 aliphatic heterocycles. The predicted octanol–water partition coefficient (Wildman–Crippen LogP) is 2.69. The van der Waals surface area contributed by atoms with Gasteiger partial charge in [-0.05, 0) is 62.2 Å². The molecule has 154 valence electrons. The van der Waals surface area contributed by atoms with Crippen molar-refractivity contribution < 1.29 is 14.3 Å². The molecule has 0 spiro atoms. The number of ether oxygens (including phenoxy) is 1. The van der Waals surface area contributed by atoms with Crippen LogP contribution in [0.1, 0.15) is 40.4 Å². The molecule has 29 heavy (non-hydrogen) atoms. The van der Waals surface area contributed by atoms with E-state index in [4.69, 9.17) is 4.74 Å². The molecular formula is C23H29N3O3. The van der Waals surface area contributed by atoms with Crippen LogP contribution in [0.2, 0.25) is 0 Å². The van der Waals surface area contributed by atoms with Gasteiger partial charge < -0.3 is 15.4 Å². The Balaban J connectivity index is 1.56. The van der Waals surface area contributed by atoms with Crippen LogP contribution in [0, 0.1) is 6.92 Å². The first kappa shape index (κ1) is 20.9. The lowest BCUT2D eigenvalue weighted by molar-refractivity contribution is -0.120. The summed E-state index contributed by atoms with van der Waals surface area (Å²) in [4.78, 5) is 27.0. The summed E-state index contributed by atoms with van der Waals surface area (Å²) < 4.78 is 5.25. The molecule has 2 aromatic carbocycles. The third kappa shape index (κ3) is 5.57. The molecule has 2 aromatic rings. The van der Waals surface area contributed by atoms with Crippen molar-refractivity contribution in [1.82, 2.24) is 15.5 Å². The fraction of sp³-hybridized carbons (Fsp3) is 0.391. The van der Waals surface area contributed by atoms with Crippen molar-refractivity contribution in [2.24, 2.45) is 0 Å². The number of carbonyl (C=O) groups is 2. The number of benzene rings is 2. The van der Waals surface area contributed by atoms with Crippen LogP contribution < -0.4 is 15.4 Å². The molecule has 6 nitrogen and oxygen atoms in total. The Kier molecular flexibility index (Phi) is 7.25. The maximum absolute atomic E-state index is 12.4. The number of nitrogens with one attached hydrogen (secondary N) is 2. The minimum atomic E-state index is -0.232. The quantitative estimate of drug-likeness (QED) is 0.721. The van der Waals surface area contributed by atoms with Crippen LogP contribution in [0.3, 0.4) is 0 Å². The third-order valence-electron chi connectivity index (χ3n) is 5.37. The first-order valence-electron chi connectivity index (χ1n) is 10.1. The summed E-state index contributed by atoms with van der Waals surface area (Å²) in [6.45, 7) is 4.39. The lowest BCUT2D eigenvalue weighted by Crippen LogP contribution is -2.41. The van der Waals surface area contributed by atoms with Gasteiger partial charge in [0.05, 0.1) is 19.7 Å². The smallest absolute Gasteiger partial charge is 0.251 e. The maximum Gasteiger partial charge on any atom is 0.251 e. The first-order valence-corrected chi connectivity index (χ1v) is 10.1. The van der Waals surface area contributed by atoms with E-state index in [0.717, 1.165) is 30.0 Å². The fourth-order valence-corrected chi connectivity index (χ4v) is 3.69. The minimum Gasteiger partial charge on any atom is -0.497 e. The van der Waals surface area contributed by atoms with Crippen LogP contribution in [0.5, 0.6) is 5.75 Å². The van der Waals surface area contributed by atoms with E-state index in [-0.39, 0.29) is 24.4 Å². The van der Waals surface area contributed by atoms with Crippen LogP contribution >= 0.6 is 0 Å². The predicted molar refractivity (Wildman–Crippen MR) is 113 cm³/mol. The van der Waals surface area contributed by atoms with Crippen molar-refractivity contribution in [3.8, 4) is 5.75 Å². The molecular weight excluding hydrogens is 366 g/mol. The molecule has 3 rings (SSSR count). The Morgan fingerprint density at radius 1 is 1.03 bits per heavy atom. The van der Waals surface area contributed by atoms with Gasteiger partial charge in [-0.2, -0.15) is 0 Å². The van der Waals surface area contributed by atoms with Gasteiger partial charge in [-0.1, -0.05) is 30.3 Å². The van der Waals surface area contributed by atoms with Gasteiger partial charge in [0.1, 0.15) is 5.75 Å². The van der Waals surface area contributed by atoms with Crippen LogP contribution in [0.25, 0.3) is 0 Å². The lowest BCUT2D eigenvalue weighted by Gasteiger charge is -2.28. The number of rotatable bonds is 8. The van der Waals surface area contributed by atoms with Crippen LogP contribution in [0.15, 0.2) is 48.5 Å². The zero-order chi connectivity index (χ0) is 20.6. The van der Waals surface area contributed by atoms with Crippen LogP contribution in [-0.4, -0.2) is 50.0 Å². The SMILES string of the molecule is COc1ccc(C(CNC(=O)CNC(=O)c2ccccc2C)N2CCCC2)cc1. The Bertz CT molecular complexity index is 830. The largest absolute Gasteiger partial charge is 0.497 e. The highest BCUT2D eigenvalue weighted by atomic mass is 16.5. The van der Waals surface area contributed by atoms with Crippen LogP contribution in [0.4, 0.5) is 0 Å². The number of methoxy groups -OCH3 is 1. The normalized spacial score (nSPS) is 15.0. The molecule has 0 saturated carbocycles. The van der Waals surface area contributed by atoms with Crippen molar-refractivity contribution in [2.75, 3.05) is 33.3 Å². The Labute approximate surface area is 172 Å². The van der Waals surface area contributed by atoms with Crippen molar-refractivity contribution in [3.05, 3.63) is 65.2 Å². The second-order valence-electron chi connectivity index (χ2n) is 7.33. The molecule has 1 atom stereocenters. The number of hydrogen-bond donors (Lipinski definition) is 2. The molecule has 0 aliphatic carbocycles. The van der Waals surface area contributed by atoms with E-state index in [1.165, 1.54) is 12.8 Å². The molecule has 0 bridgehead atoms. The van der Waals surface area contributed by atoms with E-state index in [2.05, 4.69) is 15.5 Å². The third-order valence-corrected chi connectivity index (χ3v) is 5.37. The number of carbonyl (C=O) groups excluding carboxylic acids is 2. The van der Waals surface area contributed by atoms with Gasteiger partial charge in [0.2, 0.25) is 5.91 Å². The number of aryl methyl sites for hydroxylation is 1. The fourth-order valence-electron chi connectivity index (χ4n) is 3.69. The monoisotopic (exact) mass is 395 g/mol. The second-order valence-corrected chi connectivity index (χ2v) is 7.33. The summed E-state index contributed by atoms with van der Waals surface area (Å²) >= 11 is 0. The van der Waals surface area contributed by atoms with Crippen molar-refractivity contribution in [1.29, 1.82) is 0 Å². The van der Waals surface area contributed by atoms with Gasteiger partial charge in [-0.3, -0.25) is 14.5 Å². The topological polar surface area (TPSA) is 70.7 Å². The summed E-state index contributed by atoms with van der Waals surface area (Å²) in [6, 6.07) is 15.4. The van der Waals surface area contributed by atoms with E-state index in [1.807, 2.05) is 49.4 Å². The Morgan fingerprint density at radius 3 is 2.38 bits per heavy atom. The summed E-state index contributed by atoms with van der Waals surface area (Å²) in [5.41, 5.74) is 2.63. The van der Waals surface area contributed by atoms with Gasteiger partial charge in [0.25, 0.3) is 5.91 Å². The van der Waals surface area contributed by atoms with E-state index in [0.29, 0.717) is 12.1 Å². The number of nitrogens with zero attached hydrogens (tertiary/aromatic N) is 1. The van der Waals surface area contributed by atoms with Gasteiger partial charge in [-0.25, -0.2) is 0 Å². The molecule has 1 heterocycles. The number of likely N-dealkylation sites (tertiary alicyclic amines) is 1. The van der Waals surface area contributed by atoms with Gasteiger partial charge >= 0.3 is 0 Å². The second kappa shape index (κ2) is 10.1. The first-order chi connectivity index (χ1) is 14.1. The highest BCUT2D eigenvalue weighted by Gasteiger charge is 2.24. The van der Waals surface area contributed by atoms with Gasteiger partial charge in [0.15, 0.2) is 0 Å². The van der Waals surface area contributed by atoms with Gasteiger partial charge in [0, 0.05) is 12.1 Å². The Hall–Kier alpha value is -2.86. The van der Waals surface area contributed by atoms with Crippen LogP contribution in [-0.2, 0) is 4.79 Å². The molecule has 6 heteroatoms. The molecule has 1 fully saturated rings. The van der Waals surface area contributed by atoms with E-state index < -0.39 is 0 Å². The average molecular weight is 396 g/mol. The van der Waals surface area contributed by atoms with E-state index >= 15 is 0 Å². The number of hydrogen-bond acceptors (Lipinski definition) is 4. The molecule has 1 saturated heterocycles. The average Bonchev–Trinajstić information content (AvgIpc) is 3.27. The maximum atomic E-state index is 12.4. The molecule has 0 aromatic heterocycles. The summed E-state index contributed by atoms with van der Waals surface area (Å²) in [7, 11) is 1.65. The molecule has 2 N–H and O–H groups in total. The van der Waals surface area contributed by atoms with Crippen molar-refractivity contribution in [2.45, 2.75) is 25.8 Å². The van der Waals surface area contributed by atoms with Gasteiger partial charge in [-0.15, -0.1) is 0 Å². The summed E-state index contributed by atoms with van der Waals surface area (Å²) in [5.74, 6) is 0.394. The van der Waals surface area contributed by atoms with Crippen molar-refractivity contribution >= 4 is 11.8 Å².